The highest BCUT2D eigenvalue weighted by Crippen LogP contribution is 2.51. The highest BCUT2D eigenvalue weighted by molar-refractivity contribution is 7.25. The summed E-state index contributed by atoms with van der Waals surface area (Å²) in [5.74, 6) is 0.672. The Morgan fingerprint density at radius 1 is 0.385 bits per heavy atom. The fourth-order valence-electron chi connectivity index (χ4n) is 8.66. The molecule has 3 heterocycles. The normalized spacial score (nSPS) is 12.2. The Balaban J connectivity index is 1.20. The summed E-state index contributed by atoms with van der Waals surface area (Å²) in [6, 6.07) is 59.4. The van der Waals surface area contributed by atoms with E-state index >= 15 is 0 Å². The summed E-state index contributed by atoms with van der Waals surface area (Å²) in [6.07, 6.45) is 0. The molecule has 1 aliphatic rings. The first-order valence-electron chi connectivity index (χ1n) is 17.7. The molecule has 240 valence electrons. The third kappa shape index (κ3) is 3.84. The number of nitrogens with zero attached hydrogens (tertiary/aromatic N) is 3. The van der Waals surface area contributed by atoms with E-state index in [-0.39, 0.29) is 0 Å². The third-order valence-electron chi connectivity index (χ3n) is 10.9. The van der Waals surface area contributed by atoms with Crippen molar-refractivity contribution in [3.63, 3.8) is 0 Å². The van der Waals surface area contributed by atoms with Crippen LogP contribution in [0.5, 0.6) is 0 Å². The lowest BCUT2D eigenvalue weighted by atomic mass is 9.96. The van der Waals surface area contributed by atoms with Crippen LogP contribution in [-0.4, -0.2) is 14.5 Å². The molecular weight excluding hydrogens is 651 g/mol. The van der Waals surface area contributed by atoms with Crippen molar-refractivity contribution in [1.82, 2.24) is 14.5 Å². The maximum absolute atomic E-state index is 5.40. The fourth-order valence-corrected chi connectivity index (χ4v) is 9.75. The van der Waals surface area contributed by atoms with Crippen LogP contribution in [0, 0.1) is 0 Å². The minimum atomic E-state index is 0.672. The van der Waals surface area contributed by atoms with Crippen LogP contribution in [0.15, 0.2) is 164 Å². The van der Waals surface area contributed by atoms with Crippen LogP contribution in [-0.2, 0) is 0 Å². The second-order valence-electron chi connectivity index (χ2n) is 13.7. The Morgan fingerprint density at radius 2 is 1.06 bits per heavy atom. The Labute approximate surface area is 302 Å². The molecule has 12 rings (SSSR count). The van der Waals surface area contributed by atoms with Crippen LogP contribution in [0.3, 0.4) is 0 Å². The van der Waals surface area contributed by atoms with Crippen LogP contribution in [0.25, 0.3) is 114 Å². The second-order valence-corrected chi connectivity index (χ2v) is 14.8. The Kier molecular flexibility index (Phi) is 5.65. The van der Waals surface area contributed by atoms with Gasteiger partial charge in [0, 0.05) is 41.9 Å². The first-order valence-corrected chi connectivity index (χ1v) is 18.5. The molecule has 0 unspecified atom stereocenters. The molecule has 0 saturated carbocycles. The molecule has 0 atom stereocenters. The lowest BCUT2D eigenvalue weighted by Crippen LogP contribution is -2.03. The molecule has 3 aromatic heterocycles. The minimum Gasteiger partial charge on any atom is -0.278 e. The minimum absolute atomic E-state index is 0.672. The SMILES string of the molecule is c1ccc(-c2nc(-n3c4ccc(-c5ccc6sc7ccccc7c6c5)cc4c4c5cccc6c5c(cc43)-c3ccccc3-6)nc3ccccc23)cc1. The topological polar surface area (TPSA) is 30.7 Å². The van der Waals surface area contributed by atoms with E-state index < -0.39 is 0 Å². The smallest absolute Gasteiger partial charge is 0.235 e. The summed E-state index contributed by atoms with van der Waals surface area (Å²) in [4.78, 5) is 10.7. The monoisotopic (exact) mass is 677 g/mol. The molecule has 0 fully saturated rings. The van der Waals surface area contributed by atoms with Crippen molar-refractivity contribution >= 4 is 75.0 Å². The zero-order valence-electron chi connectivity index (χ0n) is 27.8. The summed E-state index contributed by atoms with van der Waals surface area (Å²) >= 11 is 1.86. The largest absolute Gasteiger partial charge is 0.278 e. The molecule has 0 aliphatic heterocycles. The second kappa shape index (κ2) is 10.5. The Morgan fingerprint density at radius 3 is 1.94 bits per heavy atom. The van der Waals surface area contributed by atoms with Crippen molar-refractivity contribution < 1.29 is 0 Å². The summed E-state index contributed by atoms with van der Waals surface area (Å²) in [6.45, 7) is 0. The van der Waals surface area contributed by atoms with Crippen molar-refractivity contribution in [2.45, 2.75) is 0 Å². The van der Waals surface area contributed by atoms with Crippen LogP contribution in [0.4, 0.5) is 0 Å². The van der Waals surface area contributed by atoms with Crippen LogP contribution < -0.4 is 0 Å². The quantitative estimate of drug-likeness (QED) is 0.186. The van der Waals surface area contributed by atoms with Crippen molar-refractivity contribution in [2.75, 3.05) is 0 Å². The van der Waals surface area contributed by atoms with Crippen LogP contribution in [0.1, 0.15) is 0 Å². The van der Waals surface area contributed by atoms with Crippen LogP contribution >= 0.6 is 11.3 Å². The van der Waals surface area contributed by atoms with Gasteiger partial charge in [0.2, 0.25) is 5.95 Å². The van der Waals surface area contributed by atoms with Gasteiger partial charge in [-0.15, -0.1) is 11.3 Å². The van der Waals surface area contributed by atoms with E-state index in [1.807, 2.05) is 11.3 Å². The van der Waals surface area contributed by atoms with E-state index in [0.717, 1.165) is 33.2 Å². The van der Waals surface area contributed by atoms with Gasteiger partial charge < -0.3 is 0 Å². The van der Waals surface area contributed by atoms with Gasteiger partial charge in [0.15, 0.2) is 0 Å². The number of hydrogen-bond donors (Lipinski definition) is 0. The van der Waals surface area contributed by atoms with Gasteiger partial charge in [-0.05, 0) is 86.6 Å². The molecule has 0 saturated heterocycles. The van der Waals surface area contributed by atoms with Gasteiger partial charge in [-0.2, -0.15) is 0 Å². The van der Waals surface area contributed by atoms with Gasteiger partial charge in [0.25, 0.3) is 0 Å². The number of aromatic nitrogens is 3. The van der Waals surface area contributed by atoms with E-state index in [9.17, 15) is 0 Å². The number of fused-ring (bicyclic) bond motifs is 11. The van der Waals surface area contributed by atoms with E-state index in [4.69, 9.17) is 9.97 Å². The van der Waals surface area contributed by atoms with Crippen molar-refractivity contribution in [2.24, 2.45) is 0 Å². The van der Waals surface area contributed by atoms with E-state index in [1.54, 1.807) is 0 Å². The predicted octanol–water partition coefficient (Wildman–Crippen LogP) is 13.2. The van der Waals surface area contributed by atoms with Gasteiger partial charge in [-0.1, -0.05) is 121 Å². The molecular formula is C48H27N3S. The highest BCUT2D eigenvalue weighted by atomic mass is 32.1. The third-order valence-corrected chi connectivity index (χ3v) is 12.1. The maximum atomic E-state index is 5.40. The highest BCUT2D eigenvalue weighted by Gasteiger charge is 2.26. The van der Waals surface area contributed by atoms with E-state index in [1.165, 1.54) is 75.1 Å². The molecule has 0 spiro atoms. The average Bonchev–Trinajstić information content (AvgIpc) is 3.86. The molecule has 8 aromatic carbocycles. The van der Waals surface area contributed by atoms with Gasteiger partial charge in [-0.25, -0.2) is 9.97 Å². The summed E-state index contributed by atoms with van der Waals surface area (Å²) in [5, 5.41) is 8.66. The molecule has 0 radical (unpaired) electrons. The van der Waals surface area contributed by atoms with Crippen molar-refractivity contribution in [3.05, 3.63) is 164 Å². The lowest BCUT2D eigenvalue weighted by Gasteiger charge is -2.12. The van der Waals surface area contributed by atoms with Gasteiger partial charge >= 0.3 is 0 Å². The number of hydrogen-bond acceptors (Lipinski definition) is 3. The van der Waals surface area contributed by atoms with Gasteiger partial charge in [0.1, 0.15) is 0 Å². The number of benzene rings is 8. The zero-order valence-corrected chi connectivity index (χ0v) is 28.7. The van der Waals surface area contributed by atoms with E-state index in [0.29, 0.717) is 5.95 Å². The number of rotatable bonds is 3. The predicted molar refractivity (Wildman–Crippen MR) is 220 cm³/mol. The molecule has 3 nitrogen and oxygen atoms in total. The van der Waals surface area contributed by atoms with E-state index in [2.05, 4.69) is 168 Å². The van der Waals surface area contributed by atoms with Gasteiger partial charge in [-0.3, -0.25) is 4.57 Å². The summed E-state index contributed by atoms with van der Waals surface area (Å²) < 4.78 is 4.93. The standard InChI is InChI=1S/C48H27N3S/c1-2-11-28(12-3-1)47-35-16-6-8-19-40(35)49-48(50-47)51-41-23-21-29(30-22-24-44-37(25-30)33-15-7-9-20-43(33)52-44)26-39(41)46-36-18-10-17-34-31-13-4-5-14-32(31)38(45(34)36)27-42(46)51/h1-27H. The molecule has 0 bridgehead atoms. The number of thiophene rings is 1. The molecule has 4 heteroatoms. The summed E-state index contributed by atoms with van der Waals surface area (Å²) in [7, 11) is 0. The first-order chi connectivity index (χ1) is 25.8. The van der Waals surface area contributed by atoms with Crippen LogP contribution in [0.2, 0.25) is 0 Å². The maximum Gasteiger partial charge on any atom is 0.235 e. The van der Waals surface area contributed by atoms with Gasteiger partial charge in [0.05, 0.1) is 22.2 Å². The number of para-hydroxylation sites is 1. The fraction of sp³-hybridized carbons (Fsp3) is 0. The summed E-state index contributed by atoms with van der Waals surface area (Å²) in [5.41, 5.74) is 12.7. The van der Waals surface area contributed by atoms with Crippen molar-refractivity contribution in [1.29, 1.82) is 0 Å². The first kappa shape index (κ1) is 28.1. The Hall–Kier alpha value is -6.62. The molecule has 0 amide bonds. The molecule has 52 heavy (non-hydrogen) atoms. The molecule has 0 N–H and O–H groups in total. The van der Waals surface area contributed by atoms with Crippen molar-refractivity contribution in [3.8, 4) is 50.6 Å². The molecule has 1 aliphatic carbocycles. The lowest BCUT2D eigenvalue weighted by molar-refractivity contribution is 1.01. The average molecular weight is 678 g/mol. The Bertz CT molecular complexity index is 3300. The zero-order chi connectivity index (χ0) is 33.9. The molecule has 11 aromatic rings.